The van der Waals surface area contributed by atoms with Crippen molar-refractivity contribution < 1.29 is 4.79 Å². The van der Waals surface area contributed by atoms with Gasteiger partial charge < -0.3 is 9.88 Å². The van der Waals surface area contributed by atoms with Gasteiger partial charge in [-0.15, -0.1) is 0 Å². The fourth-order valence-corrected chi connectivity index (χ4v) is 3.00. The molecule has 0 saturated heterocycles. The van der Waals surface area contributed by atoms with Gasteiger partial charge in [0, 0.05) is 13.0 Å². The third-order valence-corrected chi connectivity index (χ3v) is 4.21. The number of hydrogen-bond acceptors (Lipinski definition) is 2. The number of imidazole rings is 1. The van der Waals surface area contributed by atoms with E-state index in [4.69, 9.17) is 4.98 Å². The Bertz CT molecular complexity index is 837. The molecule has 1 amide bonds. The Hall–Kier alpha value is -2.62. The second kappa shape index (κ2) is 7.97. The molecule has 3 aromatic rings. The van der Waals surface area contributed by atoms with Gasteiger partial charge >= 0.3 is 0 Å². The van der Waals surface area contributed by atoms with Crippen molar-refractivity contribution in [3.63, 3.8) is 0 Å². The van der Waals surface area contributed by atoms with Crippen molar-refractivity contribution in [1.29, 1.82) is 0 Å². The van der Waals surface area contributed by atoms with Gasteiger partial charge in [-0.3, -0.25) is 4.79 Å². The summed E-state index contributed by atoms with van der Waals surface area (Å²) in [5, 5.41) is 3.02. The van der Waals surface area contributed by atoms with E-state index >= 15 is 0 Å². The molecule has 0 aliphatic rings. The molecule has 1 aromatic heterocycles. The average molecular weight is 335 g/mol. The van der Waals surface area contributed by atoms with Crippen molar-refractivity contribution in [2.45, 2.75) is 39.8 Å². The number of aromatic nitrogens is 2. The maximum Gasteiger partial charge on any atom is 0.220 e. The van der Waals surface area contributed by atoms with E-state index in [1.807, 2.05) is 36.4 Å². The van der Waals surface area contributed by atoms with Crippen molar-refractivity contribution in [1.82, 2.24) is 14.9 Å². The molecule has 0 unspecified atom stereocenters. The van der Waals surface area contributed by atoms with Gasteiger partial charge in [0.25, 0.3) is 0 Å². The first kappa shape index (κ1) is 17.2. The number of rotatable bonds is 7. The van der Waals surface area contributed by atoms with Crippen LogP contribution in [0.1, 0.15) is 31.7 Å². The van der Waals surface area contributed by atoms with E-state index in [2.05, 4.69) is 41.9 Å². The van der Waals surface area contributed by atoms with Crippen molar-refractivity contribution in [2.75, 3.05) is 0 Å². The van der Waals surface area contributed by atoms with Gasteiger partial charge in [-0.1, -0.05) is 56.3 Å². The first-order chi connectivity index (χ1) is 12.1. The minimum Gasteiger partial charge on any atom is -0.349 e. The van der Waals surface area contributed by atoms with Gasteiger partial charge in [0.05, 0.1) is 17.6 Å². The molecule has 1 N–H and O–H groups in total. The smallest absolute Gasteiger partial charge is 0.220 e. The number of benzene rings is 2. The minimum atomic E-state index is 0.0620. The lowest BCUT2D eigenvalue weighted by Crippen LogP contribution is -2.25. The van der Waals surface area contributed by atoms with Gasteiger partial charge in [-0.25, -0.2) is 4.98 Å². The van der Waals surface area contributed by atoms with Crippen LogP contribution in [0, 0.1) is 5.92 Å². The maximum absolute atomic E-state index is 12.2. The molecule has 25 heavy (non-hydrogen) atoms. The molecule has 0 radical (unpaired) electrons. The van der Waals surface area contributed by atoms with Crippen molar-refractivity contribution in [3.05, 3.63) is 66.0 Å². The standard InChI is InChI=1S/C21H25N3O/c1-16(2)15-24-19-11-7-6-10-18(19)23-20(24)14-22-21(25)13-12-17-8-4-3-5-9-17/h3-11,16H,12-15H2,1-2H3,(H,22,25). The predicted octanol–water partition coefficient (Wildman–Crippen LogP) is 3.94. The van der Waals surface area contributed by atoms with E-state index in [9.17, 15) is 4.79 Å². The molecule has 0 fully saturated rings. The van der Waals surface area contributed by atoms with E-state index in [-0.39, 0.29) is 5.91 Å². The lowest BCUT2D eigenvalue weighted by atomic mass is 10.1. The molecule has 0 atom stereocenters. The second-order valence-corrected chi connectivity index (χ2v) is 6.78. The highest BCUT2D eigenvalue weighted by Crippen LogP contribution is 2.17. The van der Waals surface area contributed by atoms with Crippen LogP contribution in [0.25, 0.3) is 11.0 Å². The zero-order valence-electron chi connectivity index (χ0n) is 14.9. The van der Waals surface area contributed by atoms with Crippen LogP contribution in [0.4, 0.5) is 0 Å². The van der Waals surface area contributed by atoms with Crippen LogP contribution < -0.4 is 5.32 Å². The summed E-state index contributed by atoms with van der Waals surface area (Å²) in [4.78, 5) is 16.9. The summed E-state index contributed by atoms with van der Waals surface area (Å²) in [5.41, 5.74) is 3.30. The number of nitrogens with one attached hydrogen (secondary N) is 1. The fourth-order valence-electron chi connectivity index (χ4n) is 3.00. The first-order valence-electron chi connectivity index (χ1n) is 8.88. The van der Waals surface area contributed by atoms with Crippen LogP contribution in [-0.4, -0.2) is 15.5 Å². The molecule has 0 spiro atoms. The zero-order chi connectivity index (χ0) is 17.6. The molecular formula is C21H25N3O. The predicted molar refractivity (Wildman–Crippen MR) is 101 cm³/mol. The van der Waals surface area contributed by atoms with Crippen molar-refractivity contribution in [3.8, 4) is 0 Å². The quantitative estimate of drug-likeness (QED) is 0.711. The Kier molecular flexibility index (Phi) is 5.49. The molecule has 0 bridgehead atoms. The van der Waals surface area contributed by atoms with Crippen LogP contribution in [0.2, 0.25) is 0 Å². The molecule has 4 nitrogen and oxygen atoms in total. The highest BCUT2D eigenvalue weighted by Gasteiger charge is 2.12. The van der Waals surface area contributed by atoms with Crippen molar-refractivity contribution in [2.24, 2.45) is 5.92 Å². The summed E-state index contributed by atoms with van der Waals surface area (Å²) in [6, 6.07) is 18.2. The summed E-state index contributed by atoms with van der Waals surface area (Å²) in [6.45, 7) is 5.75. The van der Waals surface area contributed by atoms with Gasteiger partial charge in [-0.05, 0) is 30.0 Å². The molecule has 0 aliphatic carbocycles. The van der Waals surface area contributed by atoms with Crippen LogP contribution in [0.5, 0.6) is 0 Å². The lowest BCUT2D eigenvalue weighted by molar-refractivity contribution is -0.121. The number of aryl methyl sites for hydroxylation is 1. The summed E-state index contributed by atoms with van der Waals surface area (Å²) >= 11 is 0. The molecule has 1 heterocycles. The zero-order valence-corrected chi connectivity index (χ0v) is 14.9. The van der Waals surface area contributed by atoms with Gasteiger partial charge in [0.2, 0.25) is 5.91 Å². The van der Waals surface area contributed by atoms with Gasteiger partial charge in [-0.2, -0.15) is 0 Å². The molecule has 3 rings (SSSR count). The van der Waals surface area contributed by atoms with E-state index in [0.29, 0.717) is 18.9 Å². The fraction of sp³-hybridized carbons (Fsp3) is 0.333. The van der Waals surface area contributed by atoms with E-state index in [1.165, 1.54) is 5.56 Å². The van der Waals surface area contributed by atoms with E-state index in [0.717, 1.165) is 29.8 Å². The maximum atomic E-state index is 12.2. The highest BCUT2D eigenvalue weighted by atomic mass is 16.1. The number of fused-ring (bicyclic) bond motifs is 1. The average Bonchev–Trinajstić information content (AvgIpc) is 2.96. The van der Waals surface area contributed by atoms with E-state index in [1.54, 1.807) is 0 Å². The van der Waals surface area contributed by atoms with Crippen LogP contribution in [0.3, 0.4) is 0 Å². The van der Waals surface area contributed by atoms with Gasteiger partial charge in [0.1, 0.15) is 5.82 Å². The van der Waals surface area contributed by atoms with Gasteiger partial charge in [0.15, 0.2) is 0 Å². The summed E-state index contributed by atoms with van der Waals surface area (Å²) in [7, 11) is 0. The Morgan fingerprint density at radius 3 is 2.56 bits per heavy atom. The summed E-state index contributed by atoms with van der Waals surface area (Å²) in [5.74, 6) is 1.50. The number of amides is 1. The third kappa shape index (κ3) is 4.47. The Morgan fingerprint density at radius 1 is 1.08 bits per heavy atom. The number of nitrogens with zero attached hydrogens (tertiary/aromatic N) is 2. The Balaban J connectivity index is 1.65. The molecule has 0 aliphatic heterocycles. The highest BCUT2D eigenvalue weighted by molar-refractivity contribution is 5.77. The topological polar surface area (TPSA) is 46.9 Å². The first-order valence-corrected chi connectivity index (χ1v) is 8.88. The SMILES string of the molecule is CC(C)Cn1c(CNC(=O)CCc2ccccc2)nc2ccccc21. The normalized spacial score (nSPS) is 11.2. The molecule has 130 valence electrons. The van der Waals surface area contributed by atoms with Crippen LogP contribution >= 0.6 is 0 Å². The molecule has 4 heteroatoms. The van der Waals surface area contributed by atoms with Crippen LogP contribution in [0.15, 0.2) is 54.6 Å². The van der Waals surface area contributed by atoms with Crippen LogP contribution in [-0.2, 0) is 24.3 Å². The minimum absolute atomic E-state index is 0.0620. The molecular weight excluding hydrogens is 310 g/mol. The monoisotopic (exact) mass is 335 g/mol. The second-order valence-electron chi connectivity index (χ2n) is 6.78. The van der Waals surface area contributed by atoms with E-state index < -0.39 is 0 Å². The Morgan fingerprint density at radius 2 is 1.80 bits per heavy atom. The molecule has 0 saturated carbocycles. The summed E-state index contributed by atoms with van der Waals surface area (Å²) in [6.07, 6.45) is 1.25. The Labute approximate surface area is 148 Å². The lowest BCUT2D eigenvalue weighted by Gasteiger charge is -2.12. The number of carbonyl (C=O) groups excluding carboxylic acids is 1. The largest absolute Gasteiger partial charge is 0.349 e. The molecule has 2 aromatic carbocycles. The summed E-state index contributed by atoms with van der Waals surface area (Å²) < 4.78 is 2.22. The third-order valence-electron chi connectivity index (χ3n) is 4.21. The number of para-hydroxylation sites is 2. The number of hydrogen-bond donors (Lipinski definition) is 1. The van der Waals surface area contributed by atoms with Crippen molar-refractivity contribution >= 4 is 16.9 Å². The number of carbonyl (C=O) groups is 1.